The molecule has 27 heavy (non-hydrogen) atoms. The van der Waals surface area contributed by atoms with E-state index in [9.17, 15) is 14.4 Å². The van der Waals surface area contributed by atoms with Crippen LogP contribution in [0.4, 0.5) is 0 Å². The number of aliphatic carboxylic acids is 1. The standard InChI is InChI=1S/C21H26N2O4/c1-13(2)20(21(27)22-14(3)10-19(25)26)23-18(24)12-15-8-9-16-6-4-5-7-17(16)11-15/h4-9,11,13-14,20H,10,12H2,1-3H3,(H,22,27)(H,23,24)(H,25,26). The second kappa shape index (κ2) is 9.16. The Bertz CT molecular complexity index is 832. The van der Waals surface area contributed by atoms with Crippen molar-refractivity contribution in [1.82, 2.24) is 10.6 Å². The van der Waals surface area contributed by atoms with Gasteiger partial charge in [0.15, 0.2) is 0 Å². The zero-order valence-corrected chi connectivity index (χ0v) is 15.9. The Balaban J connectivity index is 2.00. The van der Waals surface area contributed by atoms with Crippen LogP contribution < -0.4 is 10.6 Å². The van der Waals surface area contributed by atoms with E-state index in [4.69, 9.17) is 5.11 Å². The number of carboxylic acid groups (broad SMARTS) is 1. The van der Waals surface area contributed by atoms with Crippen LogP contribution in [0.1, 0.15) is 32.8 Å². The lowest BCUT2D eigenvalue weighted by Gasteiger charge is -2.23. The third kappa shape index (κ3) is 6.09. The number of nitrogens with one attached hydrogen (secondary N) is 2. The summed E-state index contributed by atoms with van der Waals surface area (Å²) in [5.41, 5.74) is 0.869. The van der Waals surface area contributed by atoms with Crippen LogP contribution in [-0.4, -0.2) is 35.0 Å². The van der Waals surface area contributed by atoms with E-state index in [-0.39, 0.29) is 30.6 Å². The SMILES string of the molecule is CC(CC(=O)O)NC(=O)C(NC(=O)Cc1ccc2ccccc2c1)C(C)C. The molecule has 6 heteroatoms. The predicted molar refractivity (Wildman–Crippen MR) is 104 cm³/mol. The van der Waals surface area contributed by atoms with Crippen LogP contribution in [0.5, 0.6) is 0 Å². The smallest absolute Gasteiger partial charge is 0.305 e. The molecule has 6 nitrogen and oxygen atoms in total. The van der Waals surface area contributed by atoms with Crippen molar-refractivity contribution < 1.29 is 19.5 Å². The van der Waals surface area contributed by atoms with Crippen molar-refractivity contribution in [2.75, 3.05) is 0 Å². The van der Waals surface area contributed by atoms with Crippen LogP contribution >= 0.6 is 0 Å². The highest BCUT2D eigenvalue weighted by Gasteiger charge is 2.25. The maximum atomic E-state index is 12.4. The Hall–Kier alpha value is -2.89. The summed E-state index contributed by atoms with van der Waals surface area (Å²) in [4.78, 5) is 35.6. The molecular weight excluding hydrogens is 344 g/mol. The predicted octanol–water partition coefficient (Wildman–Crippen LogP) is 2.50. The minimum absolute atomic E-state index is 0.123. The quantitative estimate of drug-likeness (QED) is 0.665. The van der Waals surface area contributed by atoms with Gasteiger partial charge in [-0.1, -0.05) is 56.3 Å². The molecule has 2 aromatic carbocycles. The molecule has 0 spiro atoms. The van der Waals surface area contributed by atoms with Crippen LogP contribution in [0.3, 0.4) is 0 Å². The Labute approximate surface area is 159 Å². The molecule has 2 aromatic rings. The van der Waals surface area contributed by atoms with Gasteiger partial charge in [0, 0.05) is 6.04 Å². The van der Waals surface area contributed by atoms with Gasteiger partial charge in [0.1, 0.15) is 6.04 Å². The molecule has 0 fully saturated rings. The summed E-state index contributed by atoms with van der Waals surface area (Å²) in [7, 11) is 0. The molecule has 0 bridgehead atoms. The Morgan fingerprint density at radius 1 is 0.963 bits per heavy atom. The molecule has 2 amide bonds. The summed E-state index contributed by atoms with van der Waals surface area (Å²) in [6.07, 6.45) is 0.00754. The zero-order valence-electron chi connectivity index (χ0n) is 15.9. The van der Waals surface area contributed by atoms with E-state index in [1.54, 1.807) is 6.92 Å². The lowest BCUT2D eigenvalue weighted by atomic mass is 10.0. The summed E-state index contributed by atoms with van der Waals surface area (Å²) < 4.78 is 0. The van der Waals surface area contributed by atoms with E-state index in [2.05, 4.69) is 10.6 Å². The molecule has 0 saturated carbocycles. The molecule has 0 radical (unpaired) electrons. The molecule has 2 unspecified atom stereocenters. The van der Waals surface area contributed by atoms with Gasteiger partial charge < -0.3 is 15.7 Å². The fraction of sp³-hybridized carbons (Fsp3) is 0.381. The zero-order chi connectivity index (χ0) is 20.0. The van der Waals surface area contributed by atoms with E-state index in [0.717, 1.165) is 16.3 Å². The second-order valence-corrected chi connectivity index (χ2v) is 7.15. The highest BCUT2D eigenvalue weighted by molar-refractivity contribution is 5.90. The van der Waals surface area contributed by atoms with Gasteiger partial charge in [0.05, 0.1) is 12.8 Å². The maximum absolute atomic E-state index is 12.4. The minimum Gasteiger partial charge on any atom is -0.481 e. The number of fused-ring (bicyclic) bond motifs is 1. The van der Waals surface area contributed by atoms with Gasteiger partial charge in [-0.2, -0.15) is 0 Å². The van der Waals surface area contributed by atoms with Gasteiger partial charge in [0.2, 0.25) is 11.8 Å². The van der Waals surface area contributed by atoms with Gasteiger partial charge >= 0.3 is 5.97 Å². The van der Waals surface area contributed by atoms with Crippen molar-refractivity contribution in [3.05, 3.63) is 48.0 Å². The molecule has 144 valence electrons. The number of benzene rings is 2. The first-order chi connectivity index (χ1) is 12.8. The molecule has 0 aliphatic rings. The summed E-state index contributed by atoms with van der Waals surface area (Å²) >= 11 is 0. The van der Waals surface area contributed by atoms with Crippen molar-refractivity contribution in [3.8, 4) is 0 Å². The summed E-state index contributed by atoms with van der Waals surface area (Å²) in [6.45, 7) is 5.30. The van der Waals surface area contributed by atoms with Gasteiger partial charge in [0.25, 0.3) is 0 Å². The van der Waals surface area contributed by atoms with Crippen molar-refractivity contribution in [1.29, 1.82) is 0 Å². The largest absolute Gasteiger partial charge is 0.481 e. The number of carbonyl (C=O) groups is 3. The number of carboxylic acids is 1. The van der Waals surface area contributed by atoms with Crippen molar-refractivity contribution >= 4 is 28.6 Å². The minimum atomic E-state index is -0.982. The van der Waals surface area contributed by atoms with Crippen LogP contribution in [0, 0.1) is 5.92 Å². The van der Waals surface area contributed by atoms with Crippen LogP contribution in [0.2, 0.25) is 0 Å². The van der Waals surface area contributed by atoms with Gasteiger partial charge in [-0.15, -0.1) is 0 Å². The molecule has 0 aliphatic heterocycles. The van der Waals surface area contributed by atoms with Crippen molar-refractivity contribution in [3.63, 3.8) is 0 Å². The maximum Gasteiger partial charge on any atom is 0.305 e. The molecule has 0 saturated heterocycles. The Morgan fingerprint density at radius 2 is 1.63 bits per heavy atom. The third-order valence-electron chi connectivity index (χ3n) is 4.31. The molecule has 0 aliphatic carbocycles. The Morgan fingerprint density at radius 3 is 2.26 bits per heavy atom. The van der Waals surface area contributed by atoms with Gasteiger partial charge in [-0.25, -0.2) is 0 Å². The van der Waals surface area contributed by atoms with Crippen LogP contribution in [0.15, 0.2) is 42.5 Å². The normalized spacial score (nSPS) is 13.2. The topological polar surface area (TPSA) is 95.5 Å². The number of carbonyl (C=O) groups excluding carboxylic acids is 2. The first-order valence-electron chi connectivity index (χ1n) is 9.05. The molecule has 3 N–H and O–H groups in total. The van der Waals surface area contributed by atoms with E-state index >= 15 is 0 Å². The van der Waals surface area contributed by atoms with Crippen molar-refractivity contribution in [2.45, 2.75) is 45.7 Å². The molecule has 0 aromatic heterocycles. The fourth-order valence-corrected chi connectivity index (χ4v) is 2.94. The van der Waals surface area contributed by atoms with Gasteiger partial charge in [-0.3, -0.25) is 14.4 Å². The average molecular weight is 370 g/mol. The molecule has 2 atom stereocenters. The molecule has 2 rings (SSSR count). The molecular formula is C21H26N2O4. The van der Waals surface area contributed by atoms with E-state index in [1.807, 2.05) is 56.3 Å². The lowest BCUT2D eigenvalue weighted by molar-refractivity contribution is -0.138. The van der Waals surface area contributed by atoms with E-state index < -0.39 is 18.1 Å². The highest BCUT2D eigenvalue weighted by atomic mass is 16.4. The van der Waals surface area contributed by atoms with E-state index in [1.165, 1.54) is 0 Å². The fourth-order valence-electron chi connectivity index (χ4n) is 2.94. The first kappa shape index (κ1) is 20.4. The van der Waals surface area contributed by atoms with Crippen LogP contribution in [0.25, 0.3) is 10.8 Å². The average Bonchev–Trinajstić information content (AvgIpc) is 2.58. The van der Waals surface area contributed by atoms with E-state index in [0.29, 0.717) is 0 Å². The lowest BCUT2D eigenvalue weighted by Crippen LogP contribution is -2.52. The van der Waals surface area contributed by atoms with Gasteiger partial charge in [-0.05, 0) is 29.2 Å². The summed E-state index contributed by atoms with van der Waals surface area (Å²) in [5, 5.41) is 16.4. The first-order valence-corrected chi connectivity index (χ1v) is 9.05. The number of rotatable bonds is 8. The monoisotopic (exact) mass is 370 g/mol. The second-order valence-electron chi connectivity index (χ2n) is 7.15. The highest BCUT2D eigenvalue weighted by Crippen LogP contribution is 2.16. The number of hydrogen-bond donors (Lipinski definition) is 3. The van der Waals surface area contributed by atoms with Crippen LogP contribution in [-0.2, 0) is 20.8 Å². The Kier molecular flexibility index (Phi) is 6.93. The number of hydrogen-bond acceptors (Lipinski definition) is 3. The summed E-state index contributed by atoms with van der Waals surface area (Å²) in [6, 6.07) is 12.5. The van der Waals surface area contributed by atoms with Crippen molar-refractivity contribution in [2.24, 2.45) is 5.92 Å². The third-order valence-corrected chi connectivity index (χ3v) is 4.31. The number of amides is 2. The summed E-state index contributed by atoms with van der Waals surface area (Å²) in [5.74, 6) is -1.72. The molecule has 0 heterocycles.